The molecular weight excluding hydrogens is 258 g/mol. The first-order valence-electron chi connectivity index (χ1n) is 6.69. The maximum Gasteiger partial charge on any atom is 0.405 e. The fourth-order valence-electron chi connectivity index (χ4n) is 2.29. The summed E-state index contributed by atoms with van der Waals surface area (Å²) in [6, 6.07) is 8.68. The van der Waals surface area contributed by atoms with Crippen molar-refractivity contribution in [3.8, 4) is 0 Å². The van der Waals surface area contributed by atoms with Gasteiger partial charge < -0.3 is 21.1 Å². The van der Waals surface area contributed by atoms with Crippen molar-refractivity contribution in [1.29, 1.82) is 0 Å². The lowest BCUT2D eigenvalue weighted by atomic mass is 10.0. The Kier molecular flexibility index (Phi) is 4.95. The maximum atomic E-state index is 12.2. The lowest BCUT2D eigenvalue weighted by Gasteiger charge is -2.19. The number of carbonyl (C=O) groups excluding carboxylic acids is 1. The van der Waals surface area contributed by atoms with Gasteiger partial charge in [0.1, 0.15) is 6.04 Å². The molecule has 0 aromatic heterocycles. The fraction of sp³-hybridized carbons (Fsp3) is 0.429. The van der Waals surface area contributed by atoms with Gasteiger partial charge in [-0.2, -0.15) is 0 Å². The molecule has 1 heterocycles. The van der Waals surface area contributed by atoms with E-state index in [-0.39, 0.29) is 11.9 Å². The first kappa shape index (κ1) is 14.3. The topological polar surface area (TPSA) is 90.5 Å². The highest BCUT2D eigenvalue weighted by atomic mass is 16.4. The van der Waals surface area contributed by atoms with E-state index in [4.69, 9.17) is 5.11 Å². The van der Waals surface area contributed by atoms with Gasteiger partial charge in [-0.3, -0.25) is 4.79 Å². The first-order chi connectivity index (χ1) is 9.65. The molecule has 6 nitrogen and oxygen atoms in total. The molecule has 20 heavy (non-hydrogen) atoms. The second-order valence-corrected chi connectivity index (χ2v) is 4.89. The first-order valence-corrected chi connectivity index (χ1v) is 6.69. The van der Waals surface area contributed by atoms with E-state index in [0.29, 0.717) is 6.42 Å². The quantitative estimate of drug-likeness (QED) is 0.625. The Morgan fingerprint density at radius 1 is 1.35 bits per heavy atom. The second-order valence-electron chi connectivity index (χ2n) is 4.89. The van der Waals surface area contributed by atoms with E-state index < -0.39 is 12.1 Å². The molecular formula is C14H19N3O3. The van der Waals surface area contributed by atoms with Crippen molar-refractivity contribution < 1.29 is 14.7 Å². The van der Waals surface area contributed by atoms with Crippen LogP contribution in [0.1, 0.15) is 12.0 Å². The molecule has 0 spiro atoms. The monoisotopic (exact) mass is 277 g/mol. The summed E-state index contributed by atoms with van der Waals surface area (Å²) in [6.07, 6.45) is 0.0290. The molecule has 108 valence electrons. The molecule has 1 aliphatic rings. The summed E-state index contributed by atoms with van der Waals surface area (Å²) in [5.41, 5.74) is 0.922. The van der Waals surface area contributed by atoms with Gasteiger partial charge in [0.2, 0.25) is 5.91 Å². The van der Waals surface area contributed by atoms with Gasteiger partial charge in [-0.05, 0) is 18.5 Å². The molecule has 1 aliphatic heterocycles. The molecule has 2 atom stereocenters. The van der Waals surface area contributed by atoms with Crippen molar-refractivity contribution >= 4 is 12.0 Å². The Bertz CT molecular complexity index is 458. The van der Waals surface area contributed by atoms with Gasteiger partial charge in [0.05, 0.1) is 0 Å². The number of hydrogen-bond acceptors (Lipinski definition) is 3. The van der Waals surface area contributed by atoms with Crippen LogP contribution in [0.15, 0.2) is 30.3 Å². The van der Waals surface area contributed by atoms with Crippen molar-refractivity contribution in [3.05, 3.63) is 35.9 Å². The minimum atomic E-state index is -1.19. The maximum absolute atomic E-state index is 12.2. The van der Waals surface area contributed by atoms with Gasteiger partial charge in [-0.15, -0.1) is 0 Å². The summed E-state index contributed by atoms with van der Waals surface area (Å²) in [7, 11) is 0. The number of benzene rings is 1. The molecule has 2 rings (SSSR count). The molecule has 1 aromatic carbocycles. The average Bonchev–Trinajstić information content (AvgIpc) is 2.91. The largest absolute Gasteiger partial charge is 0.465 e. The minimum Gasteiger partial charge on any atom is -0.465 e. The SMILES string of the molecule is O=C(O)N[C@H](Cc1ccccc1)C(=O)N[C@H]1CCNC1. The number of carbonyl (C=O) groups is 2. The van der Waals surface area contributed by atoms with E-state index in [9.17, 15) is 9.59 Å². The number of hydrogen-bond donors (Lipinski definition) is 4. The van der Waals surface area contributed by atoms with Gasteiger partial charge in [0.15, 0.2) is 0 Å². The highest BCUT2D eigenvalue weighted by Gasteiger charge is 2.24. The Hall–Kier alpha value is -2.08. The van der Waals surface area contributed by atoms with Crippen LogP contribution < -0.4 is 16.0 Å². The molecule has 0 saturated carbocycles. The van der Waals surface area contributed by atoms with Gasteiger partial charge in [0.25, 0.3) is 0 Å². The molecule has 6 heteroatoms. The summed E-state index contributed by atoms with van der Waals surface area (Å²) in [5.74, 6) is -0.273. The lowest BCUT2D eigenvalue weighted by Crippen LogP contribution is -2.50. The van der Waals surface area contributed by atoms with Crippen LogP contribution in [0.2, 0.25) is 0 Å². The highest BCUT2D eigenvalue weighted by molar-refractivity contribution is 5.85. The predicted octanol–water partition coefficient (Wildman–Crippen LogP) is 0.343. The number of rotatable bonds is 5. The zero-order valence-corrected chi connectivity index (χ0v) is 11.1. The Balaban J connectivity index is 1.98. The minimum absolute atomic E-state index is 0.0800. The third kappa shape index (κ3) is 4.24. The van der Waals surface area contributed by atoms with E-state index >= 15 is 0 Å². The Morgan fingerprint density at radius 2 is 2.10 bits per heavy atom. The van der Waals surface area contributed by atoms with Gasteiger partial charge in [-0.1, -0.05) is 30.3 Å². The summed E-state index contributed by atoms with van der Waals surface area (Å²) in [4.78, 5) is 23.0. The summed E-state index contributed by atoms with van der Waals surface area (Å²) in [5, 5.41) is 17.2. The van der Waals surface area contributed by atoms with E-state index in [1.807, 2.05) is 30.3 Å². The number of nitrogens with one attached hydrogen (secondary N) is 3. The fourth-order valence-corrected chi connectivity index (χ4v) is 2.29. The van der Waals surface area contributed by atoms with E-state index in [0.717, 1.165) is 25.1 Å². The van der Waals surface area contributed by atoms with Gasteiger partial charge >= 0.3 is 6.09 Å². The third-order valence-corrected chi connectivity index (χ3v) is 3.30. The molecule has 0 bridgehead atoms. The summed E-state index contributed by atoms with van der Waals surface area (Å²) < 4.78 is 0. The zero-order valence-electron chi connectivity index (χ0n) is 11.1. The molecule has 0 radical (unpaired) electrons. The Labute approximate surface area is 117 Å². The third-order valence-electron chi connectivity index (χ3n) is 3.30. The zero-order chi connectivity index (χ0) is 14.4. The number of carboxylic acid groups (broad SMARTS) is 1. The Morgan fingerprint density at radius 3 is 2.70 bits per heavy atom. The van der Waals surface area contributed by atoms with Crippen LogP contribution in [0.3, 0.4) is 0 Å². The van der Waals surface area contributed by atoms with Crippen LogP contribution in [0.25, 0.3) is 0 Å². The predicted molar refractivity (Wildman–Crippen MR) is 74.5 cm³/mol. The smallest absolute Gasteiger partial charge is 0.405 e. The van der Waals surface area contributed by atoms with Crippen LogP contribution in [0.5, 0.6) is 0 Å². The highest BCUT2D eigenvalue weighted by Crippen LogP contribution is 2.05. The van der Waals surface area contributed by atoms with Gasteiger partial charge in [-0.25, -0.2) is 4.79 Å². The van der Waals surface area contributed by atoms with E-state index in [1.165, 1.54) is 0 Å². The number of amides is 2. The normalized spacial score (nSPS) is 19.3. The van der Waals surface area contributed by atoms with Crippen molar-refractivity contribution in [2.24, 2.45) is 0 Å². The van der Waals surface area contributed by atoms with Crippen LogP contribution in [-0.4, -0.2) is 42.3 Å². The molecule has 1 aromatic rings. The molecule has 0 aliphatic carbocycles. The lowest BCUT2D eigenvalue weighted by molar-refractivity contribution is -0.123. The van der Waals surface area contributed by atoms with Crippen molar-refractivity contribution in [2.75, 3.05) is 13.1 Å². The summed E-state index contributed by atoms with van der Waals surface area (Å²) in [6.45, 7) is 1.61. The molecule has 1 fully saturated rings. The average molecular weight is 277 g/mol. The van der Waals surface area contributed by atoms with Crippen molar-refractivity contribution in [3.63, 3.8) is 0 Å². The van der Waals surface area contributed by atoms with Crippen LogP contribution >= 0.6 is 0 Å². The van der Waals surface area contributed by atoms with Crippen LogP contribution in [-0.2, 0) is 11.2 Å². The van der Waals surface area contributed by atoms with E-state index in [2.05, 4.69) is 16.0 Å². The molecule has 0 unspecified atom stereocenters. The standard InChI is InChI=1S/C14H19N3O3/c18-13(16-11-6-7-15-9-11)12(17-14(19)20)8-10-4-2-1-3-5-10/h1-5,11-12,15,17H,6-9H2,(H,16,18)(H,19,20)/t11-,12+/m0/s1. The molecule has 4 N–H and O–H groups in total. The summed E-state index contributed by atoms with van der Waals surface area (Å²) >= 11 is 0. The van der Waals surface area contributed by atoms with Crippen LogP contribution in [0, 0.1) is 0 Å². The van der Waals surface area contributed by atoms with E-state index in [1.54, 1.807) is 0 Å². The molecule has 2 amide bonds. The van der Waals surface area contributed by atoms with Crippen LogP contribution in [0.4, 0.5) is 4.79 Å². The van der Waals surface area contributed by atoms with Crippen molar-refractivity contribution in [1.82, 2.24) is 16.0 Å². The van der Waals surface area contributed by atoms with Crippen molar-refractivity contribution in [2.45, 2.75) is 24.9 Å². The second kappa shape index (κ2) is 6.91. The molecule has 1 saturated heterocycles. The van der Waals surface area contributed by atoms with Gasteiger partial charge in [0, 0.05) is 19.0 Å².